The average Bonchev–Trinajstić information content (AvgIpc) is 2.77. The van der Waals surface area contributed by atoms with Gasteiger partial charge in [0.25, 0.3) is 5.91 Å². The van der Waals surface area contributed by atoms with E-state index < -0.39 is 0 Å². The molecule has 5 heteroatoms. The van der Waals surface area contributed by atoms with Gasteiger partial charge in [-0.05, 0) is 36.1 Å². The van der Waals surface area contributed by atoms with E-state index in [-0.39, 0.29) is 5.91 Å². The van der Waals surface area contributed by atoms with Crippen molar-refractivity contribution in [3.8, 4) is 5.75 Å². The number of carbonyl (C=O) groups excluding carboxylic acids is 1. The number of nitrogen functional groups attached to an aromatic ring is 1. The zero-order chi connectivity index (χ0) is 13.1. The molecule has 94 valence electrons. The van der Waals surface area contributed by atoms with Crippen molar-refractivity contribution in [1.82, 2.24) is 0 Å². The Morgan fingerprint density at radius 3 is 2.78 bits per heavy atom. The molecule has 1 amide bonds. The van der Waals surface area contributed by atoms with E-state index in [0.717, 1.165) is 5.56 Å². The van der Waals surface area contributed by atoms with E-state index >= 15 is 0 Å². The first-order valence-corrected chi connectivity index (χ1v) is 6.28. The Morgan fingerprint density at radius 2 is 2.17 bits per heavy atom. The molecule has 0 bridgehead atoms. The normalized spacial score (nSPS) is 10.1. The summed E-state index contributed by atoms with van der Waals surface area (Å²) in [5.41, 5.74) is 7.84. The number of hydrogen-bond acceptors (Lipinski definition) is 4. The molecule has 0 radical (unpaired) electrons. The topological polar surface area (TPSA) is 64.3 Å². The van der Waals surface area contributed by atoms with Crippen LogP contribution in [0, 0.1) is 6.92 Å². The Balaban J connectivity index is 2.24. The van der Waals surface area contributed by atoms with E-state index in [0.29, 0.717) is 22.0 Å². The van der Waals surface area contributed by atoms with Crippen LogP contribution in [0.4, 0.5) is 11.4 Å². The maximum Gasteiger partial charge on any atom is 0.266 e. The van der Waals surface area contributed by atoms with Crippen molar-refractivity contribution in [3.05, 3.63) is 40.1 Å². The number of nitrogens with one attached hydrogen (secondary N) is 1. The lowest BCUT2D eigenvalue weighted by Crippen LogP contribution is -2.12. The van der Waals surface area contributed by atoms with Crippen LogP contribution >= 0.6 is 11.3 Å². The molecule has 0 aliphatic rings. The number of benzene rings is 1. The van der Waals surface area contributed by atoms with Gasteiger partial charge in [0.15, 0.2) is 0 Å². The highest BCUT2D eigenvalue weighted by Gasteiger charge is 2.13. The molecule has 1 heterocycles. The summed E-state index contributed by atoms with van der Waals surface area (Å²) in [5, 5.41) is 4.72. The predicted molar refractivity (Wildman–Crippen MR) is 74.4 cm³/mol. The molecule has 3 N–H and O–H groups in total. The number of anilines is 2. The van der Waals surface area contributed by atoms with Crippen LogP contribution in [-0.2, 0) is 0 Å². The number of aryl methyl sites for hydroxylation is 1. The summed E-state index contributed by atoms with van der Waals surface area (Å²) in [4.78, 5) is 12.8. The van der Waals surface area contributed by atoms with E-state index in [1.807, 2.05) is 18.4 Å². The molecule has 0 fully saturated rings. The smallest absolute Gasteiger partial charge is 0.266 e. The van der Waals surface area contributed by atoms with Gasteiger partial charge in [0.2, 0.25) is 0 Å². The Labute approximate surface area is 109 Å². The lowest BCUT2D eigenvalue weighted by atomic mass is 10.2. The first kappa shape index (κ1) is 12.4. The molecule has 2 rings (SSSR count). The van der Waals surface area contributed by atoms with Gasteiger partial charge in [-0.2, -0.15) is 0 Å². The number of rotatable bonds is 3. The molecule has 0 unspecified atom stereocenters. The zero-order valence-corrected chi connectivity index (χ0v) is 11.0. The molecule has 2 aromatic rings. The fraction of sp³-hybridized carbons (Fsp3) is 0.154. The first-order chi connectivity index (χ1) is 8.61. The van der Waals surface area contributed by atoms with Crippen LogP contribution in [0.3, 0.4) is 0 Å². The van der Waals surface area contributed by atoms with Gasteiger partial charge in [-0.3, -0.25) is 4.79 Å². The van der Waals surface area contributed by atoms with Crippen molar-refractivity contribution in [2.75, 3.05) is 18.2 Å². The van der Waals surface area contributed by atoms with E-state index in [4.69, 9.17) is 10.5 Å². The van der Waals surface area contributed by atoms with Crippen molar-refractivity contribution >= 4 is 28.6 Å². The molecule has 0 aliphatic heterocycles. The zero-order valence-electron chi connectivity index (χ0n) is 10.2. The first-order valence-electron chi connectivity index (χ1n) is 5.41. The predicted octanol–water partition coefficient (Wildman–Crippen LogP) is 2.90. The number of methoxy groups -OCH3 is 1. The molecule has 0 saturated carbocycles. The molecule has 0 aliphatic carbocycles. The van der Waals surface area contributed by atoms with Gasteiger partial charge in [-0.25, -0.2) is 0 Å². The molecule has 18 heavy (non-hydrogen) atoms. The van der Waals surface area contributed by atoms with Crippen LogP contribution in [0.2, 0.25) is 0 Å². The van der Waals surface area contributed by atoms with Crippen molar-refractivity contribution in [3.63, 3.8) is 0 Å². The minimum atomic E-state index is -0.134. The second-order valence-corrected chi connectivity index (χ2v) is 4.76. The minimum Gasteiger partial charge on any atom is -0.494 e. The summed E-state index contributed by atoms with van der Waals surface area (Å²) in [6.45, 7) is 1.91. The average molecular weight is 262 g/mol. The number of thiophene rings is 1. The van der Waals surface area contributed by atoms with Crippen molar-refractivity contribution < 1.29 is 9.53 Å². The maximum atomic E-state index is 12.1. The third-order valence-electron chi connectivity index (χ3n) is 2.54. The van der Waals surface area contributed by atoms with Crippen LogP contribution in [0.5, 0.6) is 5.75 Å². The van der Waals surface area contributed by atoms with E-state index in [1.165, 1.54) is 11.3 Å². The van der Waals surface area contributed by atoms with Gasteiger partial charge in [-0.15, -0.1) is 11.3 Å². The summed E-state index contributed by atoms with van der Waals surface area (Å²) < 4.78 is 5.18. The summed E-state index contributed by atoms with van der Waals surface area (Å²) >= 11 is 1.42. The summed E-state index contributed by atoms with van der Waals surface area (Å²) in [7, 11) is 1.54. The largest absolute Gasteiger partial charge is 0.494 e. The Morgan fingerprint density at radius 1 is 1.39 bits per heavy atom. The third-order valence-corrected chi connectivity index (χ3v) is 3.56. The van der Waals surface area contributed by atoms with Crippen molar-refractivity contribution in [2.45, 2.75) is 6.92 Å². The lowest BCUT2D eigenvalue weighted by molar-refractivity contribution is 0.102. The lowest BCUT2D eigenvalue weighted by Gasteiger charge is -2.10. The molecule has 0 saturated heterocycles. The monoisotopic (exact) mass is 262 g/mol. The van der Waals surface area contributed by atoms with Crippen LogP contribution in [-0.4, -0.2) is 13.0 Å². The minimum absolute atomic E-state index is 0.134. The van der Waals surface area contributed by atoms with Crippen LogP contribution < -0.4 is 15.8 Å². The van der Waals surface area contributed by atoms with Gasteiger partial charge < -0.3 is 15.8 Å². The quantitative estimate of drug-likeness (QED) is 0.836. The maximum absolute atomic E-state index is 12.1. The third kappa shape index (κ3) is 2.46. The van der Waals surface area contributed by atoms with Crippen molar-refractivity contribution in [1.29, 1.82) is 0 Å². The SMILES string of the molecule is COc1cc(N)ccc1NC(=O)c1sccc1C. The number of amides is 1. The highest BCUT2D eigenvalue weighted by atomic mass is 32.1. The Kier molecular flexibility index (Phi) is 3.53. The molecular weight excluding hydrogens is 248 g/mol. The van der Waals surface area contributed by atoms with Crippen LogP contribution in [0.25, 0.3) is 0 Å². The standard InChI is InChI=1S/C13H14N2O2S/c1-8-5-6-18-12(8)13(16)15-10-4-3-9(14)7-11(10)17-2/h3-7H,14H2,1-2H3,(H,15,16). The van der Waals surface area contributed by atoms with Gasteiger partial charge in [0.05, 0.1) is 17.7 Å². The van der Waals surface area contributed by atoms with E-state index in [2.05, 4.69) is 5.32 Å². The number of nitrogens with two attached hydrogens (primary N) is 1. The van der Waals surface area contributed by atoms with Gasteiger partial charge >= 0.3 is 0 Å². The van der Waals surface area contributed by atoms with E-state index in [9.17, 15) is 4.79 Å². The second kappa shape index (κ2) is 5.10. The molecular formula is C13H14N2O2S. The summed E-state index contributed by atoms with van der Waals surface area (Å²) in [5.74, 6) is 0.420. The van der Waals surface area contributed by atoms with Crippen LogP contribution in [0.15, 0.2) is 29.6 Å². The number of carbonyl (C=O) groups is 1. The fourth-order valence-corrected chi connectivity index (χ4v) is 2.42. The molecule has 1 aromatic carbocycles. The van der Waals surface area contributed by atoms with Crippen LogP contribution in [0.1, 0.15) is 15.2 Å². The van der Waals surface area contributed by atoms with Gasteiger partial charge in [0, 0.05) is 11.8 Å². The number of ether oxygens (including phenoxy) is 1. The fourth-order valence-electron chi connectivity index (χ4n) is 1.60. The Bertz CT molecular complexity index is 578. The number of hydrogen-bond donors (Lipinski definition) is 2. The molecule has 1 aromatic heterocycles. The molecule has 0 atom stereocenters. The summed E-state index contributed by atoms with van der Waals surface area (Å²) in [6, 6.07) is 7.05. The highest BCUT2D eigenvalue weighted by Crippen LogP contribution is 2.27. The molecule has 0 spiro atoms. The second-order valence-electron chi connectivity index (χ2n) is 3.85. The highest BCUT2D eigenvalue weighted by molar-refractivity contribution is 7.12. The summed E-state index contributed by atoms with van der Waals surface area (Å²) in [6.07, 6.45) is 0. The van der Waals surface area contributed by atoms with E-state index in [1.54, 1.807) is 25.3 Å². The molecule has 4 nitrogen and oxygen atoms in total. The van der Waals surface area contributed by atoms with Gasteiger partial charge in [0.1, 0.15) is 5.75 Å². The van der Waals surface area contributed by atoms with Crippen molar-refractivity contribution in [2.24, 2.45) is 0 Å². The van der Waals surface area contributed by atoms with Gasteiger partial charge in [-0.1, -0.05) is 0 Å². The Hall–Kier alpha value is -2.01.